The molecule has 4 heteroatoms. The average Bonchev–Trinajstić information content (AvgIpc) is 3.02. The summed E-state index contributed by atoms with van der Waals surface area (Å²) in [6.45, 7) is 4.82. The van der Waals surface area contributed by atoms with Crippen molar-refractivity contribution in [2.45, 2.75) is 45.1 Å². The highest BCUT2D eigenvalue weighted by Gasteiger charge is 2.42. The zero-order chi connectivity index (χ0) is 14.9. The number of hydrogen-bond acceptors (Lipinski definition) is 2. The van der Waals surface area contributed by atoms with Crippen LogP contribution in [-0.2, 0) is 11.8 Å². The third kappa shape index (κ3) is 2.73. The molecule has 2 atom stereocenters. The zero-order valence-corrected chi connectivity index (χ0v) is 13.3. The molecule has 3 heterocycles. The van der Waals surface area contributed by atoms with E-state index in [4.69, 9.17) is 0 Å². The van der Waals surface area contributed by atoms with E-state index in [2.05, 4.69) is 47.1 Å². The van der Waals surface area contributed by atoms with Crippen LogP contribution < -0.4 is 5.32 Å². The van der Waals surface area contributed by atoms with E-state index in [-0.39, 0.29) is 11.5 Å². The first-order chi connectivity index (χ1) is 10.1. The van der Waals surface area contributed by atoms with Crippen LogP contribution in [0.4, 0.5) is 0 Å². The van der Waals surface area contributed by atoms with Crippen molar-refractivity contribution in [2.75, 3.05) is 19.6 Å². The minimum Gasteiger partial charge on any atom is -0.353 e. The minimum absolute atomic E-state index is 0.215. The van der Waals surface area contributed by atoms with E-state index in [1.165, 1.54) is 18.5 Å². The van der Waals surface area contributed by atoms with Crippen LogP contribution in [0.1, 0.15) is 50.8 Å². The molecule has 0 spiro atoms. The van der Waals surface area contributed by atoms with Gasteiger partial charge in [-0.3, -0.25) is 4.79 Å². The summed E-state index contributed by atoms with van der Waals surface area (Å²) in [6.07, 6.45) is 7.72. The fourth-order valence-corrected chi connectivity index (χ4v) is 3.83. The highest BCUT2D eigenvalue weighted by molar-refractivity contribution is 5.83. The summed E-state index contributed by atoms with van der Waals surface area (Å²) < 4.78 is 2.17. The lowest BCUT2D eigenvalue weighted by Gasteiger charge is -2.36. The van der Waals surface area contributed by atoms with E-state index in [1.807, 2.05) is 0 Å². The van der Waals surface area contributed by atoms with Gasteiger partial charge in [-0.1, -0.05) is 12.8 Å². The van der Waals surface area contributed by atoms with Gasteiger partial charge >= 0.3 is 0 Å². The number of carbonyl (C=O) groups excluding carboxylic acids is 1. The lowest BCUT2D eigenvalue weighted by Crippen LogP contribution is -2.45. The van der Waals surface area contributed by atoms with E-state index < -0.39 is 0 Å². The van der Waals surface area contributed by atoms with Crippen LogP contribution in [0.25, 0.3) is 0 Å². The summed E-state index contributed by atoms with van der Waals surface area (Å²) in [7, 11) is 2.09. The van der Waals surface area contributed by atoms with E-state index in [0.29, 0.717) is 5.91 Å². The summed E-state index contributed by atoms with van der Waals surface area (Å²) in [5.74, 6) is 0.348. The van der Waals surface area contributed by atoms with Crippen molar-refractivity contribution in [2.24, 2.45) is 12.5 Å². The number of rotatable bonds is 2. The van der Waals surface area contributed by atoms with E-state index in [1.54, 1.807) is 0 Å². The second kappa shape index (κ2) is 5.84. The monoisotopic (exact) mass is 289 g/mol. The molecule has 0 aromatic carbocycles. The molecule has 0 saturated carbocycles. The third-order valence-electron chi connectivity index (χ3n) is 5.22. The van der Waals surface area contributed by atoms with Crippen molar-refractivity contribution in [3.63, 3.8) is 0 Å². The molecule has 116 valence electrons. The molecule has 2 aliphatic rings. The predicted octanol–water partition coefficient (Wildman–Crippen LogP) is 2.47. The van der Waals surface area contributed by atoms with Crippen molar-refractivity contribution in [3.8, 4) is 0 Å². The maximum Gasteiger partial charge on any atom is 0.230 e. The molecule has 3 rings (SSSR count). The van der Waals surface area contributed by atoms with Crippen LogP contribution in [-0.4, -0.2) is 35.0 Å². The molecular formula is C17H27N3O. The quantitative estimate of drug-likeness (QED) is 0.908. The van der Waals surface area contributed by atoms with Crippen LogP contribution in [0.3, 0.4) is 0 Å². The molecule has 0 aliphatic carbocycles. The topological polar surface area (TPSA) is 37.3 Å². The molecule has 2 saturated heterocycles. The summed E-state index contributed by atoms with van der Waals surface area (Å²) in [5, 5.41) is 3.36. The van der Waals surface area contributed by atoms with Crippen LogP contribution >= 0.6 is 0 Å². The SMILES string of the molecule is Cn1cccc1C1CCCCCN1C(=O)C1(C)CCNC1. The molecule has 2 fully saturated rings. The number of amides is 1. The molecular weight excluding hydrogens is 262 g/mol. The molecule has 0 bridgehead atoms. The summed E-state index contributed by atoms with van der Waals surface area (Å²) in [6, 6.07) is 4.50. The Morgan fingerprint density at radius 2 is 2.24 bits per heavy atom. The van der Waals surface area contributed by atoms with Crippen LogP contribution in [0.2, 0.25) is 0 Å². The number of hydrogen-bond donors (Lipinski definition) is 1. The van der Waals surface area contributed by atoms with Gasteiger partial charge in [-0.15, -0.1) is 0 Å². The van der Waals surface area contributed by atoms with Crippen LogP contribution in [0, 0.1) is 5.41 Å². The third-order valence-corrected chi connectivity index (χ3v) is 5.22. The maximum atomic E-state index is 13.2. The smallest absolute Gasteiger partial charge is 0.230 e. The number of aromatic nitrogens is 1. The summed E-state index contributed by atoms with van der Waals surface area (Å²) in [5.41, 5.74) is 1.06. The first-order valence-corrected chi connectivity index (χ1v) is 8.25. The lowest BCUT2D eigenvalue weighted by molar-refractivity contribution is -0.143. The van der Waals surface area contributed by atoms with Crippen molar-refractivity contribution in [1.29, 1.82) is 0 Å². The molecule has 0 radical (unpaired) electrons. The minimum atomic E-state index is -0.215. The van der Waals surface area contributed by atoms with E-state index in [9.17, 15) is 4.79 Å². The molecule has 1 aromatic heterocycles. The zero-order valence-electron chi connectivity index (χ0n) is 13.3. The normalized spacial score (nSPS) is 30.4. The molecule has 21 heavy (non-hydrogen) atoms. The molecule has 1 aromatic rings. The van der Waals surface area contributed by atoms with Gasteiger partial charge in [0.1, 0.15) is 0 Å². The van der Waals surface area contributed by atoms with Crippen molar-refractivity contribution in [3.05, 3.63) is 24.0 Å². The Balaban J connectivity index is 1.88. The van der Waals surface area contributed by atoms with Crippen LogP contribution in [0.5, 0.6) is 0 Å². The molecule has 4 nitrogen and oxygen atoms in total. The Hall–Kier alpha value is -1.29. The Morgan fingerprint density at radius 1 is 1.38 bits per heavy atom. The highest BCUT2D eigenvalue weighted by atomic mass is 16.2. The van der Waals surface area contributed by atoms with Crippen molar-refractivity contribution >= 4 is 5.91 Å². The number of aryl methyl sites for hydroxylation is 1. The summed E-state index contributed by atoms with van der Waals surface area (Å²) in [4.78, 5) is 15.3. The van der Waals surface area contributed by atoms with E-state index in [0.717, 1.165) is 38.9 Å². The second-order valence-corrected chi connectivity index (χ2v) is 6.90. The standard InChI is InChI=1S/C17H27N3O/c1-17(9-10-18-13-17)16(21)20-12-5-3-4-7-15(20)14-8-6-11-19(14)2/h6,8,11,15,18H,3-5,7,9-10,12-13H2,1-2H3. The Kier molecular flexibility index (Phi) is 4.07. The fraction of sp³-hybridized carbons (Fsp3) is 0.706. The fourth-order valence-electron chi connectivity index (χ4n) is 3.83. The number of nitrogens with one attached hydrogen (secondary N) is 1. The van der Waals surface area contributed by atoms with Gasteiger partial charge in [-0.05, 0) is 44.9 Å². The predicted molar refractivity (Wildman–Crippen MR) is 83.9 cm³/mol. The van der Waals surface area contributed by atoms with Gasteiger partial charge in [0.15, 0.2) is 0 Å². The van der Waals surface area contributed by atoms with E-state index >= 15 is 0 Å². The van der Waals surface area contributed by atoms with Gasteiger partial charge in [0, 0.05) is 32.0 Å². The first-order valence-electron chi connectivity index (χ1n) is 8.25. The van der Waals surface area contributed by atoms with Gasteiger partial charge in [0.25, 0.3) is 0 Å². The van der Waals surface area contributed by atoms with Crippen molar-refractivity contribution < 1.29 is 4.79 Å². The second-order valence-electron chi connectivity index (χ2n) is 6.90. The van der Waals surface area contributed by atoms with Crippen LogP contribution in [0.15, 0.2) is 18.3 Å². The largest absolute Gasteiger partial charge is 0.353 e. The van der Waals surface area contributed by atoms with Gasteiger partial charge < -0.3 is 14.8 Å². The highest BCUT2D eigenvalue weighted by Crippen LogP contribution is 2.36. The Labute approximate surface area is 127 Å². The Morgan fingerprint density at radius 3 is 2.90 bits per heavy atom. The maximum absolute atomic E-state index is 13.2. The average molecular weight is 289 g/mol. The van der Waals surface area contributed by atoms with Gasteiger partial charge in [0.2, 0.25) is 5.91 Å². The molecule has 1 amide bonds. The summed E-state index contributed by atoms with van der Waals surface area (Å²) >= 11 is 0. The van der Waals surface area contributed by atoms with Crippen molar-refractivity contribution in [1.82, 2.24) is 14.8 Å². The molecule has 1 N–H and O–H groups in total. The number of nitrogens with zero attached hydrogens (tertiary/aromatic N) is 2. The van der Waals surface area contributed by atoms with Gasteiger partial charge in [0.05, 0.1) is 11.5 Å². The van der Waals surface area contributed by atoms with Gasteiger partial charge in [-0.25, -0.2) is 0 Å². The molecule has 2 aliphatic heterocycles. The number of likely N-dealkylation sites (tertiary alicyclic amines) is 1. The first kappa shape index (κ1) is 14.6. The van der Waals surface area contributed by atoms with Gasteiger partial charge in [-0.2, -0.15) is 0 Å². The lowest BCUT2D eigenvalue weighted by atomic mass is 9.87. The molecule has 2 unspecified atom stereocenters. The number of carbonyl (C=O) groups is 1. The Bertz CT molecular complexity index is 502.